The number of rotatable bonds is 8. The summed E-state index contributed by atoms with van der Waals surface area (Å²) in [5.74, 6) is 1.10. The highest BCUT2D eigenvalue weighted by Gasteiger charge is 2.28. The van der Waals surface area contributed by atoms with Crippen molar-refractivity contribution in [2.24, 2.45) is 5.92 Å². The molecule has 1 N–H and O–H groups in total. The Labute approximate surface area is 173 Å². The molecule has 0 aromatic heterocycles. The van der Waals surface area contributed by atoms with Crippen molar-refractivity contribution < 1.29 is 14.6 Å². The van der Waals surface area contributed by atoms with Crippen molar-refractivity contribution in [1.29, 1.82) is 0 Å². The predicted octanol–water partition coefficient (Wildman–Crippen LogP) is 4.05. The Morgan fingerprint density at radius 3 is 2.48 bits per heavy atom. The number of phenolic OH excluding ortho intramolecular Hbond substituents is 1. The number of hydrogen-bond acceptors (Lipinski definition) is 4. The summed E-state index contributed by atoms with van der Waals surface area (Å²) in [6, 6.07) is 15.7. The summed E-state index contributed by atoms with van der Waals surface area (Å²) in [4.78, 5) is 17.4. The molecule has 5 heteroatoms. The molecule has 1 aliphatic heterocycles. The minimum atomic E-state index is 0.105. The monoisotopic (exact) mass is 396 g/mol. The van der Waals surface area contributed by atoms with E-state index in [2.05, 4.69) is 24.0 Å². The van der Waals surface area contributed by atoms with Crippen LogP contribution >= 0.6 is 0 Å². The number of nitrogens with zero attached hydrogens (tertiary/aromatic N) is 2. The molecule has 0 saturated carbocycles. The minimum absolute atomic E-state index is 0.105. The quantitative estimate of drug-likeness (QED) is 0.731. The summed E-state index contributed by atoms with van der Waals surface area (Å²) in [7, 11) is 0. The highest BCUT2D eigenvalue weighted by atomic mass is 16.5. The molecule has 2 aromatic rings. The van der Waals surface area contributed by atoms with Crippen LogP contribution in [-0.4, -0.2) is 47.1 Å². The third-order valence-corrected chi connectivity index (χ3v) is 5.58. The molecule has 1 fully saturated rings. The second-order valence-corrected chi connectivity index (χ2v) is 7.62. The first-order valence-electron chi connectivity index (χ1n) is 10.6. The Bertz CT molecular complexity index is 786. The average molecular weight is 397 g/mol. The van der Waals surface area contributed by atoms with Crippen LogP contribution in [-0.2, 0) is 17.9 Å². The highest BCUT2D eigenvalue weighted by molar-refractivity contribution is 5.79. The van der Waals surface area contributed by atoms with Crippen LogP contribution < -0.4 is 4.74 Å². The van der Waals surface area contributed by atoms with E-state index in [1.807, 2.05) is 42.2 Å². The normalized spacial score (nSPS) is 15.2. The molecule has 0 radical (unpaired) electrons. The van der Waals surface area contributed by atoms with Crippen molar-refractivity contribution in [1.82, 2.24) is 9.80 Å². The fourth-order valence-corrected chi connectivity index (χ4v) is 3.93. The number of piperidine rings is 1. The fraction of sp³-hybridized carbons (Fsp3) is 0.458. The molecule has 3 rings (SSSR count). The van der Waals surface area contributed by atoms with Crippen LogP contribution in [0.3, 0.4) is 0 Å². The number of aromatic hydroxyl groups is 1. The molecular weight excluding hydrogens is 364 g/mol. The number of likely N-dealkylation sites (tertiary alicyclic amines) is 1. The van der Waals surface area contributed by atoms with E-state index < -0.39 is 0 Å². The molecular formula is C24H32N2O3. The SMILES string of the molecule is CCOc1cc(CN2CCC(C(=O)N(CC)Cc3ccccc3)CC2)ccc1O. The summed E-state index contributed by atoms with van der Waals surface area (Å²) in [6.07, 6.45) is 1.78. The highest BCUT2D eigenvalue weighted by Crippen LogP contribution is 2.28. The number of carbonyl (C=O) groups excluding carboxylic acids is 1. The van der Waals surface area contributed by atoms with Gasteiger partial charge in [-0.2, -0.15) is 0 Å². The van der Waals surface area contributed by atoms with E-state index in [9.17, 15) is 9.90 Å². The number of carbonyl (C=O) groups is 1. The predicted molar refractivity (Wildman–Crippen MR) is 115 cm³/mol. The number of benzene rings is 2. The molecule has 0 aliphatic carbocycles. The fourth-order valence-electron chi connectivity index (χ4n) is 3.93. The molecule has 156 valence electrons. The second-order valence-electron chi connectivity index (χ2n) is 7.62. The third-order valence-electron chi connectivity index (χ3n) is 5.58. The van der Waals surface area contributed by atoms with Gasteiger partial charge in [-0.15, -0.1) is 0 Å². The van der Waals surface area contributed by atoms with Crippen LogP contribution in [0.1, 0.15) is 37.8 Å². The van der Waals surface area contributed by atoms with Crippen molar-refractivity contribution in [2.45, 2.75) is 39.8 Å². The van der Waals surface area contributed by atoms with Gasteiger partial charge in [0.1, 0.15) is 0 Å². The molecule has 2 aromatic carbocycles. The summed E-state index contributed by atoms with van der Waals surface area (Å²) in [5.41, 5.74) is 2.30. The molecule has 0 bridgehead atoms. The molecule has 0 unspecified atom stereocenters. The van der Waals surface area contributed by atoms with Crippen LogP contribution in [0.15, 0.2) is 48.5 Å². The summed E-state index contributed by atoms with van der Waals surface area (Å²) >= 11 is 0. The summed E-state index contributed by atoms with van der Waals surface area (Å²) in [5, 5.41) is 9.87. The van der Waals surface area contributed by atoms with E-state index in [4.69, 9.17) is 4.74 Å². The van der Waals surface area contributed by atoms with Gasteiger partial charge in [-0.25, -0.2) is 0 Å². The zero-order chi connectivity index (χ0) is 20.6. The van der Waals surface area contributed by atoms with Gasteiger partial charge in [-0.3, -0.25) is 9.69 Å². The third kappa shape index (κ3) is 5.73. The van der Waals surface area contributed by atoms with E-state index in [0.717, 1.165) is 44.6 Å². The van der Waals surface area contributed by atoms with E-state index in [1.54, 1.807) is 6.07 Å². The lowest BCUT2D eigenvalue weighted by Crippen LogP contribution is -2.42. The Balaban J connectivity index is 1.53. The number of ether oxygens (including phenoxy) is 1. The summed E-state index contributed by atoms with van der Waals surface area (Å²) < 4.78 is 5.48. The Morgan fingerprint density at radius 2 is 1.83 bits per heavy atom. The first-order valence-corrected chi connectivity index (χ1v) is 10.6. The van der Waals surface area contributed by atoms with Crippen LogP contribution in [0.5, 0.6) is 11.5 Å². The van der Waals surface area contributed by atoms with Crippen LogP contribution in [0.25, 0.3) is 0 Å². The van der Waals surface area contributed by atoms with E-state index >= 15 is 0 Å². The molecule has 1 heterocycles. The maximum Gasteiger partial charge on any atom is 0.226 e. The van der Waals surface area contributed by atoms with E-state index in [1.165, 1.54) is 5.56 Å². The maximum atomic E-state index is 13.0. The van der Waals surface area contributed by atoms with E-state index in [-0.39, 0.29) is 17.6 Å². The number of phenols is 1. The molecule has 1 saturated heterocycles. The van der Waals surface area contributed by atoms with Crippen molar-refractivity contribution in [3.63, 3.8) is 0 Å². The molecule has 29 heavy (non-hydrogen) atoms. The maximum absolute atomic E-state index is 13.0. The largest absolute Gasteiger partial charge is 0.504 e. The molecule has 0 atom stereocenters. The van der Waals surface area contributed by atoms with Crippen molar-refractivity contribution in [3.8, 4) is 11.5 Å². The topological polar surface area (TPSA) is 53.0 Å². The standard InChI is InChI=1S/C24H32N2O3/c1-3-26(18-19-8-6-5-7-9-19)24(28)21-12-14-25(15-13-21)17-20-10-11-22(27)23(16-20)29-4-2/h5-11,16,21,27H,3-4,12-15,17-18H2,1-2H3. The van der Waals surface area contributed by atoms with Gasteiger partial charge >= 0.3 is 0 Å². The molecule has 0 spiro atoms. The molecule has 1 amide bonds. The Morgan fingerprint density at radius 1 is 1.10 bits per heavy atom. The zero-order valence-electron chi connectivity index (χ0n) is 17.5. The smallest absolute Gasteiger partial charge is 0.226 e. The van der Waals surface area contributed by atoms with E-state index in [0.29, 0.717) is 18.9 Å². The van der Waals surface area contributed by atoms with Crippen molar-refractivity contribution >= 4 is 5.91 Å². The van der Waals surface area contributed by atoms with Crippen molar-refractivity contribution in [2.75, 3.05) is 26.2 Å². The van der Waals surface area contributed by atoms with Gasteiger partial charge in [0, 0.05) is 25.6 Å². The first kappa shape index (κ1) is 21.2. The van der Waals surface area contributed by atoms with Crippen LogP contribution in [0.2, 0.25) is 0 Å². The van der Waals surface area contributed by atoms with Gasteiger partial charge in [-0.1, -0.05) is 36.4 Å². The van der Waals surface area contributed by atoms with Crippen LogP contribution in [0, 0.1) is 5.92 Å². The summed E-state index contributed by atoms with van der Waals surface area (Å²) in [6.45, 7) is 8.53. The lowest BCUT2D eigenvalue weighted by molar-refractivity contribution is -0.137. The Kier molecular flexibility index (Phi) is 7.53. The van der Waals surface area contributed by atoms with Gasteiger partial charge in [0.05, 0.1) is 6.61 Å². The first-order chi connectivity index (χ1) is 14.1. The lowest BCUT2D eigenvalue weighted by Gasteiger charge is -2.34. The average Bonchev–Trinajstić information content (AvgIpc) is 2.75. The van der Waals surface area contributed by atoms with Crippen LogP contribution in [0.4, 0.5) is 0 Å². The number of amides is 1. The Hall–Kier alpha value is -2.53. The van der Waals surface area contributed by atoms with Gasteiger partial charge in [-0.05, 0) is 63.0 Å². The lowest BCUT2D eigenvalue weighted by atomic mass is 9.94. The van der Waals surface area contributed by atoms with Gasteiger partial charge in [0.15, 0.2) is 11.5 Å². The zero-order valence-corrected chi connectivity index (χ0v) is 17.5. The number of hydrogen-bond donors (Lipinski definition) is 1. The second kappa shape index (κ2) is 10.3. The van der Waals surface area contributed by atoms with Gasteiger partial charge in [0.25, 0.3) is 0 Å². The van der Waals surface area contributed by atoms with Gasteiger partial charge in [0.2, 0.25) is 5.91 Å². The molecule has 1 aliphatic rings. The van der Waals surface area contributed by atoms with Crippen molar-refractivity contribution in [3.05, 3.63) is 59.7 Å². The molecule has 5 nitrogen and oxygen atoms in total. The minimum Gasteiger partial charge on any atom is -0.504 e. The van der Waals surface area contributed by atoms with Gasteiger partial charge < -0.3 is 14.7 Å².